The Morgan fingerprint density at radius 1 is 1.30 bits per heavy atom. The van der Waals surface area contributed by atoms with Gasteiger partial charge in [-0.1, -0.05) is 48.0 Å². The third-order valence-corrected chi connectivity index (χ3v) is 4.17. The molecule has 1 aliphatic carbocycles. The van der Waals surface area contributed by atoms with Crippen LogP contribution in [0.1, 0.15) is 30.0 Å². The van der Waals surface area contributed by atoms with Crippen molar-refractivity contribution in [2.45, 2.75) is 31.5 Å². The minimum absolute atomic E-state index is 0.0584. The van der Waals surface area contributed by atoms with Gasteiger partial charge in [-0.2, -0.15) is 0 Å². The Labute approximate surface area is 141 Å². The van der Waals surface area contributed by atoms with Gasteiger partial charge in [0.25, 0.3) is 0 Å². The van der Waals surface area contributed by atoms with Crippen LogP contribution in [0.3, 0.4) is 0 Å². The molecule has 1 aromatic heterocycles. The van der Waals surface area contributed by atoms with Gasteiger partial charge in [0.05, 0.1) is 0 Å². The first-order valence-corrected chi connectivity index (χ1v) is 8.17. The lowest BCUT2D eigenvalue weighted by molar-refractivity contribution is -0.126. The molecular formula is C18H20ClN3O. The van der Waals surface area contributed by atoms with E-state index in [4.69, 9.17) is 11.6 Å². The first-order valence-electron chi connectivity index (χ1n) is 7.79. The normalized spacial score (nSPS) is 15.4. The first-order chi connectivity index (χ1) is 11.1. The highest BCUT2D eigenvalue weighted by atomic mass is 35.5. The number of aromatic nitrogens is 1. The fourth-order valence-corrected chi connectivity index (χ4v) is 2.74. The lowest BCUT2D eigenvalue weighted by Crippen LogP contribution is -2.39. The summed E-state index contributed by atoms with van der Waals surface area (Å²) in [6, 6.07) is 13.6. The van der Waals surface area contributed by atoms with Crippen LogP contribution in [0.2, 0.25) is 5.15 Å². The van der Waals surface area contributed by atoms with E-state index in [1.165, 1.54) is 0 Å². The largest absolute Gasteiger partial charge is 0.352 e. The van der Waals surface area contributed by atoms with Crippen molar-refractivity contribution >= 4 is 17.5 Å². The monoisotopic (exact) mass is 329 g/mol. The van der Waals surface area contributed by atoms with Crippen LogP contribution in [-0.4, -0.2) is 28.9 Å². The third kappa shape index (κ3) is 4.30. The first kappa shape index (κ1) is 16.0. The van der Waals surface area contributed by atoms with E-state index >= 15 is 0 Å². The van der Waals surface area contributed by atoms with Crippen LogP contribution < -0.4 is 5.32 Å². The summed E-state index contributed by atoms with van der Waals surface area (Å²) in [7, 11) is 1.96. The van der Waals surface area contributed by atoms with Crippen LogP contribution in [0.4, 0.5) is 0 Å². The van der Waals surface area contributed by atoms with Gasteiger partial charge in [-0.05, 0) is 37.1 Å². The lowest BCUT2D eigenvalue weighted by atomic mass is 10.0. The van der Waals surface area contributed by atoms with Crippen LogP contribution in [0.25, 0.3) is 0 Å². The highest BCUT2D eigenvalue weighted by molar-refractivity contribution is 6.29. The molecule has 1 N–H and O–H groups in total. The number of likely N-dealkylation sites (N-methyl/N-ethyl adjacent to an activating group) is 1. The summed E-state index contributed by atoms with van der Waals surface area (Å²) in [4.78, 5) is 18.8. The molecule has 0 saturated heterocycles. The van der Waals surface area contributed by atoms with E-state index in [2.05, 4.69) is 10.3 Å². The van der Waals surface area contributed by atoms with Crippen LogP contribution in [0.15, 0.2) is 48.7 Å². The van der Waals surface area contributed by atoms with E-state index in [1.54, 1.807) is 12.3 Å². The quantitative estimate of drug-likeness (QED) is 0.828. The molecule has 1 saturated carbocycles. The van der Waals surface area contributed by atoms with Gasteiger partial charge in [-0.3, -0.25) is 9.69 Å². The predicted octanol–water partition coefficient (Wildman–Crippen LogP) is 3.19. The molecular weight excluding hydrogens is 310 g/mol. The summed E-state index contributed by atoms with van der Waals surface area (Å²) >= 11 is 5.83. The van der Waals surface area contributed by atoms with E-state index in [0.29, 0.717) is 17.7 Å². The summed E-state index contributed by atoms with van der Waals surface area (Å²) in [6.07, 6.45) is 3.91. The minimum Gasteiger partial charge on any atom is -0.352 e. The maximum absolute atomic E-state index is 12.7. The molecule has 0 radical (unpaired) electrons. The van der Waals surface area contributed by atoms with E-state index < -0.39 is 0 Å². The second kappa shape index (κ2) is 7.11. The lowest BCUT2D eigenvalue weighted by Gasteiger charge is -2.27. The van der Waals surface area contributed by atoms with Crippen molar-refractivity contribution < 1.29 is 4.79 Å². The van der Waals surface area contributed by atoms with Crippen molar-refractivity contribution in [3.05, 3.63) is 64.9 Å². The van der Waals surface area contributed by atoms with Crippen molar-refractivity contribution in [1.29, 1.82) is 0 Å². The van der Waals surface area contributed by atoms with Crippen molar-refractivity contribution in [1.82, 2.24) is 15.2 Å². The predicted molar refractivity (Wildman–Crippen MR) is 91.1 cm³/mol. The van der Waals surface area contributed by atoms with Crippen molar-refractivity contribution in [2.24, 2.45) is 0 Å². The Kier molecular flexibility index (Phi) is 4.94. The molecule has 120 valence electrons. The summed E-state index contributed by atoms with van der Waals surface area (Å²) in [5.74, 6) is 0.0584. The summed E-state index contributed by atoms with van der Waals surface area (Å²) < 4.78 is 0. The SMILES string of the molecule is CN(Cc1ccc(Cl)nc1)[C@@H](C(=O)NC1CC1)c1ccccc1. The van der Waals surface area contributed by atoms with Crippen molar-refractivity contribution in [3.63, 3.8) is 0 Å². The molecule has 1 amide bonds. The molecule has 1 aliphatic rings. The molecule has 1 atom stereocenters. The number of amides is 1. The number of carbonyl (C=O) groups is 1. The zero-order valence-corrected chi connectivity index (χ0v) is 13.8. The molecule has 1 heterocycles. The molecule has 3 rings (SSSR count). The molecule has 0 aliphatic heterocycles. The molecule has 0 bridgehead atoms. The molecule has 0 spiro atoms. The maximum Gasteiger partial charge on any atom is 0.242 e. The van der Waals surface area contributed by atoms with Gasteiger partial charge in [-0.15, -0.1) is 0 Å². The summed E-state index contributed by atoms with van der Waals surface area (Å²) in [6.45, 7) is 0.627. The second-order valence-corrected chi connectivity index (χ2v) is 6.39. The van der Waals surface area contributed by atoms with E-state index in [9.17, 15) is 4.79 Å². The van der Waals surface area contributed by atoms with E-state index in [-0.39, 0.29) is 11.9 Å². The topological polar surface area (TPSA) is 45.2 Å². The Morgan fingerprint density at radius 3 is 2.65 bits per heavy atom. The zero-order valence-electron chi connectivity index (χ0n) is 13.1. The van der Waals surface area contributed by atoms with Crippen LogP contribution in [0, 0.1) is 0 Å². The number of nitrogens with one attached hydrogen (secondary N) is 1. The highest BCUT2D eigenvalue weighted by Crippen LogP contribution is 2.25. The van der Waals surface area contributed by atoms with E-state index in [0.717, 1.165) is 24.0 Å². The Balaban J connectivity index is 1.78. The minimum atomic E-state index is -0.313. The third-order valence-electron chi connectivity index (χ3n) is 3.95. The Hall–Kier alpha value is -1.91. The number of hydrogen-bond acceptors (Lipinski definition) is 3. The van der Waals surface area contributed by atoms with Gasteiger partial charge >= 0.3 is 0 Å². The number of hydrogen-bond donors (Lipinski definition) is 1. The number of pyridine rings is 1. The van der Waals surface area contributed by atoms with Gasteiger partial charge in [-0.25, -0.2) is 4.98 Å². The average molecular weight is 330 g/mol. The number of benzene rings is 1. The molecule has 5 heteroatoms. The molecule has 1 fully saturated rings. The maximum atomic E-state index is 12.7. The van der Waals surface area contributed by atoms with Gasteiger partial charge in [0.1, 0.15) is 11.2 Å². The van der Waals surface area contributed by atoms with Crippen LogP contribution >= 0.6 is 11.6 Å². The summed E-state index contributed by atoms with van der Waals surface area (Å²) in [5, 5.41) is 3.59. The fraction of sp³-hybridized carbons (Fsp3) is 0.333. The van der Waals surface area contributed by atoms with Gasteiger partial charge in [0, 0.05) is 18.8 Å². The number of rotatable bonds is 6. The number of nitrogens with zero attached hydrogens (tertiary/aromatic N) is 2. The van der Waals surface area contributed by atoms with Crippen molar-refractivity contribution in [2.75, 3.05) is 7.05 Å². The zero-order chi connectivity index (χ0) is 16.2. The highest BCUT2D eigenvalue weighted by Gasteiger charge is 2.30. The summed E-state index contributed by atoms with van der Waals surface area (Å²) in [5.41, 5.74) is 2.02. The molecule has 23 heavy (non-hydrogen) atoms. The van der Waals surface area contributed by atoms with Gasteiger partial charge in [0.2, 0.25) is 5.91 Å². The molecule has 0 unspecified atom stereocenters. The van der Waals surface area contributed by atoms with Gasteiger partial charge in [0.15, 0.2) is 0 Å². The van der Waals surface area contributed by atoms with Crippen LogP contribution in [-0.2, 0) is 11.3 Å². The Morgan fingerprint density at radius 2 is 2.04 bits per heavy atom. The van der Waals surface area contributed by atoms with Gasteiger partial charge < -0.3 is 5.32 Å². The van der Waals surface area contributed by atoms with Crippen molar-refractivity contribution in [3.8, 4) is 0 Å². The standard InChI is InChI=1S/C18H20ClN3O/c1-22(12-13-7-10-16(19)20-11-13)17(14-5-3-2-4-6-14)18(23)21-15-8-9-15/h2-7,10-11,15,17H,8-9,12H2,1H3,(H,21,23)/t17-/m1/s1. The average Bonchev–Trinajstić information content (AvgIpc) is 3.35. The van der Waals surface area contributed by atoms with Crippen LogP contribution in [0.5, 0.6) is 0 Å². The fourth-order valence-electron chi connectivity index (χ4n) is 2.63. The number of halogens is 1. The smallest absolute Gasteiger partial charge is 0.242 e. The van der Waals surface area contributed by atoms with E-state index in [1.807, 2.05) is 48.3 Å². The molecule has 4 nitrogen and oxygen atoms in total. The molecule has 2 aromatic rings. The molecule has 1 aromatic carbocycles. The Bertz CT molecular complexity index is 656. The second-order valence-electron chi connectivity index (χ2n) is 6.00. The number of carbonyl (C=O) groups excluding carboxylic acids is 1.